The predicted molar refractivity (Wildman–Crippen MR) is 128 cm³/mol. The minimum atomic E-state index is -3.80. The molecule has 0 aliphatic heterocycles. The number of unbranched alkanes of at least 4 members (excludes halogenated alkanes) is 1. The monoisotopic (exact) mass is 504 g/mol. The van der Waals surface area contributed by atoms with Crippen LogP contribution in [0.1, 0.15) is 38.7 Å². The summed E-state index contributed by atoms with van der Waals surface area (Å²) >= 11 is 0. The topological polar surface area (TPSA) is 151 Å². The van der Waals surface area contributed by atoms with E-state index in [-0.39, 0.29) is 43.4 Å². The lowest BCUT2D eigenvalue weighted by Gasteiger charge is -2.24. The Morgan fingerprint density at radius 3 is 2.12 bits per heavy atom. The average Bonchev–Trinajstić information content (AvgIpc) is 2.71. The van der Waals surface area contributed by atoms with Gasteiger partial charge in [0.2, 0.25) is 31.9 Å². The van der Waals surface area contributed by atoms with Crippen LogP contribution in [0.25, 0.3) is 0 Å². The molecule has 0 aliphatic carbocycles. The fraction of sp³-hybridized carbons (Fsp3) is 0.619. The molecular weight excluding hydrogens is 468 g/mol. The van der Waals surface area contributed by atoms with Gasteiger partial charge < -0.3 is 10.6 Å². The van der Waals surface area contributed by atoms with Crippen molar-refractivity contribution in [1.82, 2.24) is 20.1 Å². The van der Waals surface area contributed by atoms with E-state index >= 15 is 0 Å². The van der Waals surface area contributed by atoms with Gasteiger partial charge in [-0.25, -0.2) is 26.3 Å². The van der Waals surface area contributed by atoms with Crippen molar-refractivity contribution in [3.63, 3.8) is 0 Å². The highest BCUT2D eigenvalue weighted by molar-refractivity contribution is 7.89. The summed E-state index contributed by atoms with van der Waals surface area (Å²) in [5.41, 5.74) is 0.857. The van der Waals surface area contributed by atoms with Gasteiger partial charge in [-0.15, -0.1) is 0 Å². The van der Waals surface area contributed by atoms with Gasteiger partial charge in [0.1, 0.15) is 12.1 Å². The molecule has 12 heteroatoms. The maximum Gasteiger partial charge on any atom is 0.242 e. The quantitative estimate of drug-likeness (QED) is 0.249. The van der Waals surface area contributed by atoms with Crippen LogP contribution in [0.5, 0.6) is 0 Å². The van der Waals surface area contributed by atoms with Crippen molar-refractivity contribution < 1.29 is 26.4 Å². The van der Waals surface area contributed by atoms with Crippen LogP contribution in [-0.4, -0.2) is 66.3 Å². The van der Waals surface area contributed by atoms with Crippen LogP contribution in [0.15, 0.2) is 30.3 Å². The van der Waals surface area contributed by atoms with Crippen molar-refractivity contribution in [1.29, 1.82) is 0 Å². The minimum absolute atomic E-state index is 0.0231. The van der Waals surface area contributed by atoms with E-state index in [2.05, 4.69) is 20.1 Å². The Kier molecular flexibility index (Phi) is 12.0. The van der Waals surface area contributed by atoms with Gasteiger partial charge in [0.05, 0.1) is 12.0 Å². The Labute approximate surface area is 197 Å². The molecule has 2 amide bonds. The molecule has 0 saturated carbocycles. The predicted octanol–water partition coefficient (Wildman–Crippen LogP) is 0.123. The van der Waals surface area contributed by atoms with Crippen LogP contribution >= 0.6 is 0 Å². The number of carbonyl (C=O) groups excluding carboxylic acids is 2. The summed E-state index contributed by atoms with van der Waals surface area (Å²) in [6, 6.07) is 7.31. The molecule has 0 radical (unpaired) electrons. The third-order valence-electron chi connectivity index (χ3n) is 4.71. The van der Waals surface area contributed by atoms with Gasteiger partial charge in [-0.3, -0.25) is 9.59 Å². The average molecular weight is 505 g/mol. The van der Waals surface area contributed by atoms with E-state index in [0.717, 1.165) is 11.8 Å². The van der Waals surface area contributed by atoms with Crippen molar-refractivity contribution in [2.24, 2.45) is 5.92 Å². The number of hydrogen-bond donors (Lipinski definition) is 4. The second-order valence-electron chi connectivity index (χ2n) is 8.36. The molecule has 0 fully saturated rings. The van der Waals surface area contributed by atoms with Gasteiger partial charge in [0.25, 0.3) is 0 Å². The smallest absolute Gasteiger partial charge is 0.242 e. The Morgan fingerprint density at radius 2 is 1.58 bits per heavy atom. The molecule has 0 bridgehead atoms. The molecule has 1 aromatic carbocycles. The zero-order chi connectivity index (χ0) is 25.1. The summed E-state index contributed by atoms with van der Waals surface area (Å²) in [6.07, 6.45) is 2.12. The first-order chi connectivity index (χ1) is 15.3. The van der Waals surface area contributed by atoms with Crippen molar-refractivity contribution in [2.75, 3.05) is 25.6 Å². The maximum absolute atomic E-state index is 13.0. The Morgan fingerprint density at radius 1 is 0.939 bits per heavy atom. The summed E-state index contributed by atoms with van der Waals surface area (Å²) in [5.74, 6) is -1.18. The van der Waals surface area contributed by atoms with Crippen molar-refractivity contribution >= 4 is 31.9 Å². The van der Waals surface area contributed by atoms with Crippen molar-refractivity contribution in [3.8, 4) is 0 Å². The van der Waals surface area contributed by atoms with Crippen LogP contribution in [0.4, 0.5) is 0 Å². The standard InChI is InChI=1S/C21H36N4O6S2/c1-16(2)14-19(25-33(30,31)13-9-8-12-23-32(4,28)29)21(27)24-18(20(26)22-3)15-17-10-6-5-7-11-17/h5-7,10-11,16,18-19,23,25H,8-9,12-15H2,1-4H3,(H,22,26)(H,24,27)/t18-,19-/m0/s1. The van der Waals surface area contributed by atoms with E-state index < -0.39 is 38.0 Å². The van der Waals surface area contributed by atoms with Gasteiger partial charge in [-0.1, -0.05) is 44.2 Å². The number of rotatable bonds is 15. The highest BCUT2D eigenvalue weighted by atomic mass is 32.2. The number of nitrogens with one attached hydrogen (secondary N) is 4. The lowest BCUT2D eigenvalue weighted by molar-refractivity contribution is -0.129. The van der Waals surface area contributed by atoms with E-state index in [1.807, 2.05) is 44.2 Å². The molecule has 0 aromatic heterocycles. The first-order valence-electron chi connectivity index (χ1n) is 10.8. The number of sulfonamides is 2. The van der Waals surface area contributed by atoms with Crippen LogP contribution in [0, 0.1) is 5.92 Å². The van der Waals surface area contributed by atoms with E-state index in [1.54, 1.807) is 0 Å². The number of likely N-dealkylation sites (N-methyl/N-ethyl adjacent to an activating group) is 1. The lowest BCUT2D eigenvalue weighted by atomic mass is 10.0. The number of amides is 2. The fourth-order valence-electron chi connectivity index (χ4n) is 3.14. The lowest BCUT2D eigenvalue weighted by Crippen LogP contribution is -2.54. The molecule has 1 aromatic rings. The normalized spacial score (nSPS) is 14.0. The first kappa shape index (κ1) is 29.0. The molecule has 2 atom stereocenters. The molecule has 0 saturated heterocycles. The summed E-state index contributed by atoms with van der Waals surface area (Å²) in [4.78, 5) is 25.3. The zero-order valence-electron chi connectivity index (χ0n) is 19.6. The third-order valence-corrected chi connectivity index (χ3v) is 6.91. The molecule has 0 unspecified atom stereocenters. The van der Waals surface area contributed by atoms with E-state index in [1.165, 1.54) is 7.05 Å². The summed E-state index contributed by atoms with van der Waals surface area (Å²) in [5, 5.41) is 5.21. The second-order valence-corrected chi connectivity index (χ2v) is 12.1. The SMILES string of the molecule is CNC(=O)[C@H](Cc1ccccc1)NC(=O)[C@H](CC(C)C)NS(=O)(=O)CCCCNS(C)(=O)=O. The number of carbonyl (C=O) groups is 2. The van der Waals surface area contributed by atoms with Gasteiger partial charge >= 0.3 is 0 Å². The van der Waals surface area contributed by atoms with Gasteiger partial charge in [-0.2, -0.15) is 0 Å². The maximum atomic E-state index is 13.0. The Hall–Kier alpha value is -2.02. The molecule has 4 N–H and O–H groups in total. The van der Waals surface area contributed by atoms with Gasteiger partial charge in [-0.05, 0) is 30.7 Å². The van der Waals surface area contributed by atoms with Gasteiger partial charge in [0.15, 0.2) is 0 Å². The third kappa shape index (κ3) is 12.7. The fourth-order valence-corrected chi connectivity index (χ4v) is 4.99. The first-order valence-corrected chi connectivity index (χ1v) is 14.4. The molecule has 10 nitrogen and oxygen atoms in total. The highest BCUT2D eigenvalue weighted by Crippen LogP contribution is 2.09. The van der Waals surface area contributed by atoms with E-state index in [0.29, 0.717) is 6.42 Å². The molecule has 33 heavy (non-hydrogen) atoms. The zero-order valence-corrected chi connectivity index (χ0v) is 21.3. The minimum Gasteiger partial charge on any atom is -0.357 e. The highest BCUT2D eigenvalue weighted by Gasteiger charge is 2.29. The summed E-state index contributed by atoms with van der Waals surface area (Å²) in [7, 11) is -5.65. The Balaban J connectivity index is 2.81. The van der Waals surface area contributed by atoms with E-state index in [4.69, 9.17) is 0 Å². The Bertz CT molecular complexity index is 966. The summed E-state index contributed by atoms with van der Waals surface area (Å²) in [6.45, 7) is 3.87. The largest absolute Gasteiger partial charge is 0.357 e. The summed E-state index contributed by atoms with van der Waals surface area (Å²) < 4.78 is 52.0. The van der Waals surface area contributed by atoms with Crippen LogP contribution in [-0.2, 0) is 36.1 Å². The van der Waals surface area contributed by atoms with Crippen molar-refractivity contribution in [3.05, 3.63) is 35.9 Å². The second kappa shape index (κ2) is 13.6. The van der Waals surface area contributed by atoms with Crippen LogP contribution in [0.3, 0.4) is 0 Å². The molecule has 188 valence electrons. The molecule has 0 spiro atoms. The molecule has 0 aliphatic rings. The van der Waals surface area contributed by atoms with Crippen LogP contribution < -0.4 is 20.1 Å². The van der Waals surface area contributed by atoms with Crippen LogP contribution in [0.2, 0.25) is 0 Å². The van der Waals surface area contributed by atoms with Gasteiger partial charge in [0, 0.05) is 20.0 Å². The van der Waals surface area contributed by atoms with Crippen molar-refractivity contribution in [2.45, 2.75) is 51.6 Å². The molecular formula is C21H36N4O6S2. The number of benzene rings is 1. The molecule has 0 heterocycles. The number of hydrogen-bond acceptors (Lipinski definition) is 6. The molecule has 1 rings (SSSR count). The van der Waals surface area contributed by atoms with E-state index in [9.17, 15) is 26.4 Å².